The van der Waals surface area contributed by atoms with Gasteiger partial charge in [0.2, 0.25) is 5.71 Å². The number of furan rings is 1. The molecule has 0 bridgehead atoms. The SMILES string of the molecule is c1ccc(-c2nc(-c3ccccc3)nc(-c3cccc(-c4nc5oc6ccccc6c5nc4-c4cc5ccccc5cn4)c3)n2)cc1. The van der Waals surface area contributed by atoms with Gasteiger partial charge in [0.25, 0.3) is 0 Å². The van der Waals surface area contributed by atoms with E-state index in [1.165, 1.54) is 0 Å². The fraction of sp³-hybridized carbons (Fsp3) is 0. The molecular formula is C40H24N6O. The fourth-order valence-electron chi connectivity index (χ4n) is 5.86. The Balaban J connectivity index is 1.25. The first-order valence-electron chi connectivity index (χ1n) is 15.3. The van der Waals surface area contributed by atoms with Crippen molar-refractivity contribution in [1.29, 1.82) is 0 Å². The lowest BCUT2D eigenvalue weighted by molar-refractivity contribution is 0.653. The highest BCUT2D eigenvalue weighted by atomic mass is 16.3. The number of aromatic nitrogens is 6. The van der Waals surface area contributed by atoms with Gasteiger partial charge in [0, 0.05) is 39.2 Å². The van der Waals surface area contributed by atoms with Gasteiger partial charge in [-0.1, -0.05) is 115 Å². The van der Waals surface area contributed by atoms with Crippen molar-refractivity contribution in [3.8, 4) is 56.8 Å². The second kappa shape index (κ2) is 11.1. The number of hydrogen-bond acceptors (Lipinski definition) is 7. The molecule has 0 aliphatic carbocycles. The minimum Gasteiger partial charge on any atom is -0.436 e. The minimum atomic E-state index is 0.467. The molecule has 0 N–H and O–H groups in total. The number of nitrogens with zero attached hydrogens (tertiary/aromatic N) is 6. The normalized spacial score (nSPS) is 11.4. The molecule has 0 aliphatic heterocycles. The molecule has 0 atom stereocenters. The summed E-state index contributed by atoms with van der Waals surface area (Å²) in [6, 6.07) is 46.1. The molecule has 7 heteroatoms. The van der Waals surface area contributed by atoms with Gasteiger partial charge >= 0.3 is 0 Å². The Kier molecular flexibility index (Phi) is 6.31. The van der Waals surface area contributed by atoms with Crippen LogP contribution in [0.5, 0.6) is 0 Å². The number of hydrogen-bond donors (Lipinski definition) is 0. The highest BCUT2D eigenvalue weighted by Crippen LogP contribution is 2.36. The van der Waals surface area contributed by atoms with Crippen molar-refractivity contribution < 1.29 is 4.42 Å². The second-order valence-electron chi connectivity index (χ2n) is 11.2. The molecule has 4 heterocycles. The summed E-state index contributed by atoms with van der Waals surface area (Å²) in [5.74, 6) is 1.76. The molecular weight excluding hydrogens is 580 g/mol. The summed E-state index contributed by atoms with van der Waals surface area (Å²) < 4.78 is 6.19. The van der Waals surface area contributed by atoms with Gasteiger partial charge in [-0.15, -0.1) is 0 Å². The molecule has 7 nitrogen and oxygen atoms in total. The van der Waals surface area contributed by atoms with Crippen LogP contribution in [0.1, 0.15) is 0 Å². The fourth-order valence-corrected chi connectivity index (χ4v) is 5.86. The topological polar surface area (TPSA) is 90.5 Å². The number of fused-ring (bicyclic) bond motifs is 4. The van der Waals surface area contributed by atoms with Crippen LogP contribution < -0.4 is 0 Å². The number of rotatable bonds is 5. The zero-order valence-corrected chi connectivity index (χ0v) is 24.9. The molecule has 4 aromatic heterocycles. The van der Waals surface area contributed by atoms with E-state index in [0.29, 0.717) is 40.1 Å². The average molecular weight is 605 g/mol. The molecule has 0 saturated heterocycles. The van der Waals surface area contributed by atoms with Crippen molar-refractivity contribution in [2.75, 3.05) is 0 Å². The molecule has 0 fully saturated rings. The molecule has 0 aliphatic rings. The zero-order chi connectivity index (χ0) is 31.2. The molecule has 0 spiro atoms. The second-order valence-corrected chi connectivity index (χ2v) is 11.2. The Morgan fingerprint density at radius 2 is 1.02 bits per heavy atom. The summed E-state index contributed by atoms with van der Waals surface area (Å²) in [4.78, 5) is 29.8. The average Bonchev–Trinajstić information content (AvgIpc) is 3.52. The van der Waals surface area contributed by atoms with Crippen molar-refractivity contribution in [2.24, 2.45) is 0 Å². The van der Waals surface area contributed by atoms with E-state index >= 15 is 0 Å². The van der Waals surface area contributed by atoms with Crippen LogP contribution in [0.25, 0.3) is 89.8 Å². The Labute approximate surface area is 269 Å². The molecule has 0 saturated carbocycles. The molecule has 9 aromatic rings. The third-order valence-electron chi connectivity index (χ3n) is 8.18. The quantitative estimate of drug-likeness (QED) is 0.193. The van der Waals surface area contributed by atoms with Crippen LogP contribution in [0, 0.1) is 0 Å². The van der Waals surface area contributed by atoms with Crippen LogP contribution in [-0.4, -0.2) is 29.9 Å². The number of benzene rings is 5. The van der Waals surface area contributed by atoms with E-state index in [-0.39, 0.29) is 0 Å². The summed E-state index contributed by atoms with van der Waals surface area (Å²) >= 11 is 0. The number of pyridine rings is 1. The monoisotopic (exact) mass is 604 g/mol. The Morgan fingerprint density at radius 3 is 1.77 bits per heavy atom. The van der Waals surface area contributed by atoms with Crippen molar-refractivity contribution in [3.63, 3.8) is 0 Å². The Bertz CT molecular complexity index is 2520. The summed E-state index contributed by atoms with van der Waals surface area (Å²) in [5.41, 5.74) is 7.43. The standard InChI is InChI=1S/C40H24N6O/c1-3-12-25(13-4-1)37-44-38(26-14-5-2-6-15-26)46-39(45-37)29-19-11-18-28(22-29)34-36(32-23-27-16-7-8-17-30(27)24-41-32)42-35-31-20-9-10-21-33(31)47-40(35)43-34/h1-24H. The highest BCUT2D eigenvalue weighted by Gasteiger charge is 2.20. The lowest BCUT2D eigenvalue weighted by Crippen LogP contribution is -2.00. The van der Waals surface area contributed by atoms with Crippen molar-refractivity contribution in [1.82, 2.24) is 29.9 Å². The maximum atomic E-state index is 6.19. The van der Waals surface area contributed by atoms with Crippen molar-refractivity contribution >= 4 is 33.0 Å². The van der Waals surface area contributed by atoms with E-state index in [1.807, 2.05) is 128 Å². The first kappa shape index (κ1) is 26.8. The van der Waals surface area contributed by atoms with Gasteiger partial charge in [-0.2, -0.15) is 0 Å². The Morgan fingerprint density at radius 1 is 0.426 bits per heavy atom. The van der Waals surface area contributed by atoms with Gasteiger partial charge in [-0.3, -0.25) is 4.98 Å². The molecule has 0 unspecified atom stereocenters. The van der Waals surface area contributed by atoms with Crippen molar-refractivity contribution in [3.05, 3.63) is 146 Å². The summed E-state index contributed by atoms with van der Waals surface area (Å²) in [6.45, 7) is 0. The van der Waals surface area contributed by atoms with Crippen LogP contribution in [0.2, 0.25) is 0 Å². The van der Waals surface area contributed by atoms with Gasteiger partial charge in [0.1, 0.15) is 22.5 Å². The van der Waals surface area contributed by atoms with Crippen LogP contribution in [0.3, 0.4) is 0 Å². The van der Waals surface area contributed by atoms with Gasteiger partial charge in [-0.25, -0.2) is 24.9 Å². The molecule has 0 amide bonds. The van der Waals surface area contributed by atoms with Gasteiger partial charge in [0.05, 0.1) is 5.69 Å². The maximum absolute atomic E-state index is 6.19. The predicted octanol–water partition coefficient (Wildman–Crippen LogP) is 9.44. The van der Waals surface area contributed by atoms with E-state index in [9.17, 15) is 0 Å². The summed E-state index contributed by atoms with van der Waals surface area (Å²) in [6.07, 6.45) is 1.88. The van der Waals surface area contributed by atoms with E-state index in [1.54, 1.807) is 0 Å². The molecule has 5 aromatic carbocycles. The lowest BCUT2D eigenvalue weighted by atomic mass is 10.0. The molecule has 47 heavy (non-hydrogen) atoms. The Hall–Kier alpha value is -6.60. The first-order chi connectivity index (χ1) is 23.3. The predicted molar refractivity (Wildman–Crippen MR) is 185 cm³/mol. The largest absolute Gasteiger partial charge is 0.436 e. The summed E-state index contributed by atoms with van der Waals surface area (Å²) in [7, 11) is 0. The van der Waals surface area contributed by atoms with Gasteiger partial charge < -0.3 is 4.42 Å². The highest BCUT2D eigenvalue weighted by molar-refractivity contribution is 6.03. The van der Waals surface area contributed by atoms with Crippen LogP contribution >= 0.6 is 0 Å². The third kappa shape index (κ3) is 4.87. The molecule has 0 radical (unpaired) electrons. The zero-order valence-electron chi connectivity index (χ0n) is 24.9. The van der Waals surface area contributed by atoms with E-state index < -0.39 is 0 Å². The molecule has 9 rings (SSSR count). The first-order valence-corrected chi connectivity index (χ1v) is 15.3. The maximum Gasteiger partial charge on any atom is 0.246 e. The van der Waals surface area contributed by atoms with Crippen LogP contribution in [0.15, 0.2) is 150 Å². The van der Waals surface area contributed by atoms with Crippen LogP contribution in [-0.2, 0) is 0 Å². The third-order valence-corrected chi connectivity index (χ3v) is 8.18. The minimum absolute atomic E-state index is 0.467. The van der Waals surface area contributed by atoms with Crippen molar-refractivity contribution in [2.45, 2.75) is 0 Å². The van der Waals surface area contributed by atoms with E-state index in [0.717, 1.165) is 49.7 Å². The van der Waals surface area contributed by atoms with E-state index in [4.69, 9.17) is 34.3 Å². The lowest BCUT2D eigenvalue weighted by Gasteiger charge is -2.11. The number of para-hydroxylation sites is 1. The molecule has 220 valence electrons. The van der Waals surface area contributed by atoms with Gasteiger partial charge in [0.15, 0.2) is 17.5 Å². The smallest absolute Gasteiger partial charge is 0.246 e. The van der Waals surface area contributed by atoms with Gasteiger partial charge in [-0.05, 0) is 29.7 Å². The van der Waals surface area contributed by atoms with Crippen LogP contribution in [0.4, 0.5) is 0 Å². The van der Waals surface area contributed by atoms with E-state index in [2.05, 4.69) is 18.2 Å². The summed E-state index contributed by atoms with van der Waals surface area (Å²) in [5, 5.41) is 3.04.